The number of thiophene rings is 1. The number of aliphatic hydroxyl groups is 1. The van der Waals surface area contributed by atoms with Gasteiger partial charge >= 0.3 is 0 Å². The van der Waals surface area contributed by atoms with Crippen LogP contribution in [0.5, 0.6) is 0 Å². The minimum Gasteiger partial charge on any atom is -0.386 e. The average Bonchev–Trinajstić information content (AvgIpc) is 3.15. The molecule has 6 nitrogen and oxygen atoms in total. The zero-order valence-corrected chi connectivity index (χ0v) is 19.9. The predicted octanol–water partition coefficient (Wildman–Crippen LogP) is 3.19. The number of fused-ring (bicyclic) bond motifs is 1. The standard InChI is InChI=1S/C20H23N3O3S2.HI/c1-21-20(22-11-12-28(25,26)16-8-3-2-4-9-16)23-14-17(24)19-13-15-7-5-6-10-18(15)27-19;/h2-10,13,17,24H,11-12,14H2,1H3,(H2,21,22,23);1H. The Morgan fingerprint density at radius 3 is 2.48 bits per heavy atom. The number of nitrogens with one attached hydrogen (secondary N) is 2. The first-order valence-corrected chi connectivity index (χ1v) is 11.4. The molecule has 0 bridgehead atoms. The second-order valence-electron chi connectivity index (χ2n) is 6.21. The van der Waals surface area contributed by atoms with E-state index in [-0.39, 0.29) is 42.8 Å². The SMILES string of the molecule is CN=C(NCCS(=O)(=O)c1ccccc1)NCC(O)c1cc2ccccc2s1.I. The summed E-state index contributed by atoms with van der Waals surface area (Å²) in [5, 5.41) is 17.6. The van der Waals surface area contributed by atoms with Gasteiger partial charge < -0.3 is 15.7 Å². The van der Waals surface area contributed by atoms with Gasteiger partial charge in [-0.3, -0.25) is 4.99 Å². The molecular weight excluding hydrogens is 521 g/mol. The Bertz CT molecular complexity index is 1020. The number of nitrogens with zero attached hydrogens (tertiary/aromatic N) is 1. The quantitative estimate of drug-likeness (QED) is 0.241. The van der Waals surface area contributed by atoms with Crippen LogP contribution in [0.4, 0.5) is 0 Å². The number of hydrogen-bond acceptors (Lipinski definition) is 5. The highest BCUT2D eigenvalue weighted by atomic mass is 127. The van der Waals surface area contributed by atoms with E-state index < -0.39 is 15.9 Å². The molecule has 1 heterocycles. The van der Waals surface area contributed by atoms with E-state index in [1.165, 1.54) is 0 Å². The predicted molar refractivity (Wildman–Crippen MR) is 130 cm³/mol. The van der Waals surface area contributed by atoms with E-state index in [4.69, 9.17) is 0 Å². The fraction of sp³-hybridized carbons (Fsp3) is 0.250. The van der Waals surface area contributed by atoms with Gasteiger partial charge in [0.05, 0.1) is 10.6 Å². The number of benzene rings is 2. The Hall–Kier alpha value is -1.69. The molecule has 0 aliphatic carbocycles. The summed E-state index contributed by atoms with van der Waals surface area (Å²) in [4.78, 5) is 5.26. The fourth-order valence-electron chi connectivity index (χ4n) is 2.73. The lowest BCUT2D eigenvalue weighted by Crippen LogP contribution is -2.41. The zero-order valence-electron chi connectivity index (χ0n) is 15.9. The molecule has 1 unspecified atom stereocenters. The van der Waals surface area contributed by atoms with Gasteiger partial charge in [-0.15, -0.1) is 35.3 Å². The molecule has 1 atom stereocenters. The van der Waals surface area contributed by atoms with Crippen LogP contribution < -0.4 is 10.6 Å². The van der Waals surface area contributed by atoms with Gasteiger partial charge in [-0.2, -0.15) is 0 Å². The number of halogens is 1. The van der Waals surface area contributed by atoms with Gasteiger partial charge in [0.2, 0.25) is 0 Å². The van der Waals surface area contributed by atoms with E-state index in [1.807, 2.05) is 30.3 Å². The molecule has 1 aromatic heterocycles. The molecule has 29 heavy (non-hydrogen) atoms. The van der Waals surface area contributed by atoms with Crippen molar-refractivity contribution < 1.29 is 13.5 Å². The van der Waals surface area contributed by atoms with Crippen molar-refractivity contribution in [2.24, 2.45) is 4.99 Å². The van der Waals surface area contributed by atoms with E-state index >= 15 is 0 Å². The molecule has 0 radical (unpaired) electrons. The molecular formula is C20H24IN3O3S2. The van der Waals surface area contributed by atoms with Gasteiger partial charge in [-0.05, 0) is 29.7 Å². The fourth-order valence-corrected chi connectivity index (χ4v) is 4.96. The van der Waals surface area contributed by atoms with E-state index in [0.717, 1.165) is 15.0 Å². The molecule has 3 N–H and O–H groups in total. The van der Waals surface area contributed by atoms with Crippen LogP contribution >= 0.6 is 35.3 Å². The minimum absolute atomic E-state index is 0. The highest BCUT2D eigenvalue weighted by molar-refractivity contribution is 14.0. The van der Waals surface area contributed by atoms with E-state index in [0.29, 0.717) is 10.9 Å². The second-order valence-corrected chi connectivity index (χ2v) is 9.44. The van der Waals surface area contributed by atoms with Crippen LogP contribution in [-0.4, -0.2) is 45.4 Å². The summed E-state index contributed by atoms with van der Waals surface area (Å²) in [6, 6.07) is 18.3. The smallest absolute Gasteiger partial charge is 0.191 e. The second kappa shape index (κ2) is 10.9. The molecule has 2 aromatic carbocycles. The third-order valence-electron chi connectivity index (χ3n) is 4.23. The van der Waals surface area contributed by atoms with Crippen LogP contribution in [0.15, 0.2) is 70.6 Å². The van der Waals surface area contributed by atoms with E-state index in [9.17, 15) is 13.5 Å². The topological polar surface area (TPSA) is 90.8 Å². The molecule has 0 spiro atoms. The van der Waals surface area contributed by atoms with Crippen LogP contribution in [-0.2, 0) is 9.84 Å². The van der Waals surface area contributed by atoms with Gasteiger partial charge in [0.15, 0.2) is 15.8 Å². The molecule has 0 amide bonds. The van der Waals surface area contributed by atoms with Crippen molar-refractivity contribution in [3.63, 3.8) is 0 Å². The molecule has 0 fully saturated rings. The Labute approximate surface area is 192 Å². The van der Waals surface area contributed by atoms with Gasteiger partial charge in [-0.1, -0.05) is 36.4 Å². The maximum Gasteiger partial charge on any atom is 0.191 e. The lowest BCUT2D eigenvalue weighted by atomic mass is 10.2. The highest BCUT2D eigenvalue weighted by Gasteiger charge is 2.15. The first-order valence-electron chi connectivity index (χ1n) is 8.88. The lowest BCUT2D eigenvalue weighted by Gasteiger charge is -2.14. The van der Waals surface area contributed by atoms with Gasteiger partial charge in [0.1, 0.15) is 6.10 Å². The molecule has 3 aromatic rings. The first-order chi connectivity index (χ1) is 13.5. The maximum absolute atomic E-state index is 12.3. The van der Waals surface area contributed by atoms with Crippen molar-refractivity contribution in [3.8, 4) is 0 Å². The van der Waals surface area contributed by atoms with Crippen molar-refractivity contribution >= 4 is 61.2 Å². The molecule has 0 saturated heterocycles. The Kier molecular flexibility index (Phi) is 8.87. The van der Waals surface area contributed by atoms with Gasteiger partial charge in [-0.25, -0.2) is 8.42 Å². The molecule has 0 aliphatic rings. The zero-order chi connectivity index (χ0) is 20.0. The summed E-state index contributed by atoms with van der Waals surface area (Å²) < 4.78 is 25.7. The Morgan fingerprint density at radius 2 is 1.79 bits per heavy atom. The van der Waals surface area contributed by atoms with Crippen molar-refractivity contribution in [1.82, 2.24) is 10.6 Å². The van der Waals surface area contributed by atoms with Crippen LogP contribution in [0.2, 0.25) is 0 Å². The third kappa shape index (κ3) is 6.39. The van der Waals surface area contributed by atoms with Gasteiger partial charge in [0.25, 0.3) is 0 Å². The van der Waals surface area contributed by atoms with E-state index in [1.54, 1.807) is 48.7 Å². The summed E-state index contributed by atoms with van der Waals surface area (Å²) in [6.07, 6.45) is -0.677. The largest absolute Gasteiger partial charge is 0.386 e. The maximum atomic E-state index is 12.3. The molecule has 3 rings (SSSR count). The minimum atomic E-state index is -3.35. The van der Waals surface area contributed by atoms with Crippen molar-refractivity contribution in [2.75, 3.05) is 25.9 Å². The van der Waals surface area contributed by atoms with Crippen LogP contribution in [0, 0.1) is 0 Å². The third-order valence-corrected chi connectivity index (χ3v) is 7.17. The van der Waals surface area contributed by atoms with Gasteiger partial charge in [0, 0.05) is 29.7 Å². The number of sulfone groups is 1. The average molecular weight is 545 g/mol. The molecule has 0 aliphatic heterocycles. The normalized spacial score (nSPS) is 13.0. The van der Waals surface area contributed by atoms with E-state index in [2.05, 4.69) is 15.6 Å². The number of guanidine groups is 1. The first kappa shape index (κ1) is 23.6. The summed E-state index contributed by atoms with van der Waals surface area (Å²) in [7, 11) is -1.74. The van der Waals surface area contributed by atoms with Crippen LogP contribution in [0.25, 0.3) is 10.1 Å². The van der Waals surface area contributed by atoms with Crippen molar-refractivity contribution in [2.45, 2.75) is 11.0 Å². The lowest BCUT2D eigenvalue weighted by molar-refractivity contribution is 0.184. The molecule has 0 saturated carbocycles. The molecule has 9 heteroatoms. The van der Waals surface area contributed by atoms with Crippen molar-refractivity contribution in [1.29, 1.82) is 0 Å². The summed E-state index contributed by atoms with van der Waals surface area (Å²) in [5.74, 6) is 0.403. The summed E-state index contributed by atoms with van der Waals surface area (Å²) >= 11 is 1.55. The highest BCUT2D eigenvalue weighted by Crippen LogP contribution is 2.29. The van der Waals surface area contributed by atoms with Crippen LogP contribution in [0.1, 0.15) is 11.0 Å². The monoisotopic (exact) mass is 545 g/mol. The number of hydrogen-bond donors (Lipinski definition) is 3. The summed E-state index contributed by atoms with van der Waals surface area (Å²) in [6.45, 7) is 0.494. The molecule has 156 valence electrons. The number of aliphatic hydroxyl groups excluding tert-OH is 1. The number of rotatable bonds is 7. The van der Waals surface area contributed by atoms with Crippen molar-refractivity contribution in [3.05, 3.63) is 65.5 Å². The Morgan fingerprint density at radius 1 is 1.10 bits per heavy atom. The van der Waals surface area contributed by atoms with Crippen LogP contribution in [0.3, 0.4) is 0 Å². The number of aliphatic imine (C=N–C) groups is 1. The Balaban J connectivity index is 0.00000300. The summed E-state index contributed by atoms with van der Waals surface area (Å²) in [5.41, 5.74) is 0.